The van der Waals surface area contributed by atoms with Crippen LogP contribution in [0.1, 0.15) is 52.1 Å². The minimum atomic E-state index is -1.09. The fourth-order valence-electron chi connectivity index (χ4n) is 4.68. The van der Waals surface area contributed by atoms with Gasteiger partial charge in [0, 0.05) is 18.1 Å². The molecule has 4 nitrogen and oxygen atoms in total. The third-order valence-electron chi connectivity index (χ3n) is 6.49. The molecule has 0 amide bonds. The summed E-state index contributed by atoms with van der Waals surface area (Å²) in [5.41, 5.74) is 3.83. The van der Waals surface area contributed by atoms with Gasteiger partial charge in [-0.3, -0.25) is 4.68 Å². The Kier molecular flexibility index (Phi) is 6.76. The Labute approximate surface area is 197 Å². The van der Waals surface area contributed by atoms with Crippen LogP contribution in [0.25, 0.3) is 17.3 Å². The molecule has 1 saturated carbocycles. The van der Waals surface area contributed by atoms with Crippen LogP contribution in [0.3, 0.4) is 0 Å². The third-order valence-corrected chi connectivity index (χ3v) is 8.48. The maximum Gasteiger partial charge on any atom is 0.123 e. The molecule has 2 aliphatic carbocycles. The van der Waals surface area contributed by atoms with Crippen molar-refractivity contribution >= 4 is 28.7 Å². The molecule has 2 bridgehead atoms. The monoisotopic (exact) mass is 475 g/mol. The van der Waals surface area contributed by atoms with Crippen LogP contribution in [0.4, 0.5) is 4.39 Å². The Balaban J connectivity index is 1.50. The quantitative estimate of drug-likeness (QED) is 0.578. The molecular weight excluding hydrogens is 445 g/mol. The van der Waals surface area contributed by atoms with Crippen LogP contribution < -0.4 is 4.72 Å². The van der Waals surface area contributed by atoms with E-state index < -0.39 is 11.0 Å². The van der Waals surface area contributed by atoms with Crippen molar-refractivity contribution in [1.82, 2.24) is 14.5 Å². The molecular formula is C25H31ClFN3OS. The van der Waals surface area contributed by atoms with E-state index in [0.717, 1.165) is 53.2 Å². The van der Waals surface area contributed by atoms with E-state index in [1.807, 2.05) is 40.0 Å². The van der Waals surface area contributed by atoms with Crippen molar-refractivity contribution in [3.05, 3.63) is 58.5 Å². The van der Waals surface area contributed by atoms with Crippen molar-refractivity contribution in [3.8, 4) is 11.3 Å². The van der Waals surface area contributed by atoms with Gasteiger partial charge in [0.25, 0.3) is 0 Å². The van der Waals surface area contributed by atoms with E-state index in [2.05, 4.69) is 15.9 Å². The minimum Gasteiger partial charge on any atom is -0.267 e. The molecule has 1 heterocycles. The van der Waals surface area contributed by atoms with Crippen molar-refractivity contribution in [3.63, 3.8) is 0 Å². The van der Waals surface area contributed by atoms with Crippen molar-refractivity contribution in [2.45, 2.75) is 57.2 Å². The molecule has 0 saturated heterocycles. The van der Waals surface area contributed by atoms with E-state index in [1.165, 1.54) is 12.1 Å². The van der Waals surface area contributed by atoms with E-state index in [-0.39, 0.29) is 16.6 Å². The number of hydrogen-bond acceptors (Lipinski definition) is 2. The molecule has 1 fully saturated rings. The maximum atomic E-state index is 13.3. The van der Waals surface area contributed by atoms with Crippen molar-refractivity contribution < 1.29 is 8.60 Å². The summed E-state index contributed by atoms with van der Waals surface area (Å²) in [7, 11) is 0.802. The first kappa shape index (κ1) is 23.4. The SMILES string of the molecule is Cn1nc(/C=C/C2=C(Cl)C[C@@H]3CC[C@H](C2)C3NS(=O)C(C)(C)C)cc1-c1ccc(F)cc1. The number of aryl methyl sites for hydroxylation is 1. The summed E-state index contributed by atoms with van der Waals surface area (Å²) in [6, 6.07) is 8.67. The standard InChI is InChI=1S/C25H31ClFN3OS/c1-25(2,3)32(31)29-24-18-5-6-19(24)14-22(26)17(13-18)9-12-21-15-23(30(4)28-21)16-7-10-20(27)11-8-16/h7-12,15,18-19,24,29H,5-6,13-14H2,1-4H3/b12-9+/t18-,19+,24?,32?/m1/s1. The summed E-state index contributed by atoms with van der Waals surface area (Å²) in [4.78, 5) is 0. The highest BCUT2D eigenvalue weighted by Crippen LogP contribution is 2.44. The first-order valence-electron chi connectivity index (χ1n) is 11.2. The van der Waals surface area contributed by atoms with Crippen molar-refractivity contribution in [2.75, 3.05) is 0 Å². The number of rotatable bonds is 5. The molecule has 2 aliphatic rings. The summed E-state index contributed by atoms with van der Waals surface area (Å²) in [5, 5.41) is 5.49. The molecule has 4 rings (SSSR count). The predicted octanol–water partition coefficient (Wildman–Crippen LogP) is 5.97. The number of fused-ring (bicyclic) bond motifs is 2. The third kappa shape index (κ3) is 5.08. The molecule has 2 aromatic rings. The van der Waals surface area contributed by atoms with Gasteiger partial charge in [0.15, 0.2) is 0 Å². The van der Waals surface area contributed by atoms with Gasteiger partial charge in [-0.05, 0) is 106 Å². The van der Waals surface area contributed by atoms with Crippen LogP contribution in [0, 0.1) is 17.7 Å². The van der Waals surface area contributed by atoms with E-state index in [1.54, 1.807) is 16.8 Å². The average molecular weight is 476 g/mol. The zero-order valence-corrected chi connectivity index (χ0v) is 20.6. The van der Waals surface area contributed by atoms with E-state index in [9.17, 15) is 8.60 Å². The van der Waals surface area contributed by atoms with Crippen LogP contribution in [0.5, 0.6) is 0 Å². The molecule has 0 aliphatic heterocycles. The zero-order valence-electron chi connectivity index (χ0n) is 19.1. The van der Waals surface area contributed by atoms with Crippen LogP contribution in [-0.4, -0.2) is 24.8 Å². The summed E-state index contributed by atoms with van der Waals surface area (Å²) >= 11 is 6.75. The molecule has 7 heteroatoms. The van der Waals surface area contributed by atoms with Gasteiger partial charge < -0.3 is 0 Å². The van der Waals surface area contributed by atoms with Crippen molar-refractivity contribution in [2.24, 2.45) is 18.9 Å². The number of nitrogens with zero attached hydrogens (tertiary/aromatic N) is 2. The lowest BCUT2D eigenvalue weighted by atomic mass is 9.95. The number of halogens is 2. The maximum absolute atomic E-state index is 13.3. The smallest absolute Gasteiger partial charge is 0.123 e. The van der Waals surface area contributed by atoms with Gasteiger partial charge in [-0.25, -0.2) is 13.3 Å². The van der Waals surface area contributed by atoms with Crippen molar-refractivity contribution in [1.29, 1.82) is 0 Å². The van der Waals surface area contributed by atoms with E-state index in [0.29, 0.717) is 11.8 Å². The number of aromatic nitrogens is 2. The Morgan fingerprint density at radius 1 is 1.16 bits per heavy atom. The molecule has 2 unspecified atom stereocenters. The lowest BCUT2D eigenvalue weighted by molar-refractivity contribution is 0.392. The zero-order chi connectivity index (χ0) is 23.0. The summed E-state index contributed by atoms with van der Waals surface area (Å²) in [6.07, 6.45) is 8.03. The number of allylic oxidation sites excluding steroid dienone is 3. The Morgan fingerprint density at radius 3 is 2.47 bits per heavy atom. The number of nitrogens with one attached hydrogen (secondary N) is 1. The first-order chi connectivity index (χ1) is 15.1. The van der Waals surface area contributed by atoms with E-state index >= 15 is 0 Å². The van der Waals surface area contributed by atoms with Gasteiger partial charge in [0.05, 0.1) is 27.1 Å². The lowest BCUT2D eigenvalue weighted by Gasteiger charge is -2.27. The predicted molar refractivity (Wildman–Crippen MR) is 131 cm³/mol. The number of hydrogen-bond donors (Lipinski definition) is 1. The average Bonchev–Trinajstić information content (AvgIpc) is 3.23. The largest absolute Gasteiger partial charge is 0.267 e. The topological polar surface area (TPSA) is 46.9 Å². The second kappa shape index (κ2) is 9.24. The molecule has 0 radical (unpaired) electrons. The van der Waals surface area contributed by atoms with Gasteiger partial charge >= 0.3 is 0 Å². The van der Waals surface area contributed by atoms with Gasteiger partial charge in [0.2, 0.25) is 0 Å². The second-order valence-corrected chi connectivity index (χ2v) is 12.3. The number of benzene rings is 1. The Hall–Kier alpha value is -1.76. The molecule has 0 spiro atoms. The van der Waals surface area contributed by atoms with Gasteiger partial charge in [-0.15, -0.1) is 0 Å². The highest BCUT2D eigenvalue weighted by Gasteiger charge is 2.41. The summed E-state index contributed by atoms with van der Waals surface area (Å²) in [6.45, 7) is 6.00. The lowest BCUT2D eigenvalue weighted by Crippen LogP contribution is -2.44. The van der Waals surface area contributed by atoms with Crippen LogP contribution in [0.2, 0.25) is 0 Å². The molecule has 1 aromatic heterocycles. The normalized spacial score (nSPS) is 24.9. The van der Waals surface area contributed by atoms with Crippen LogP contribution in [-0.2, 0) is 18.0 Å². The summed E-state index contributed by atoms with van der Waals surface area (Å²) in [5.74, 6) is 0.602. The highest BCUT2D eigenvalue weighted by molar-refractivity contribution is 7.84. The summed E-state index contributed by atoms with van der Waals surface area (Å²) < 4.78 is 30.9. The molecule has 172 valence electrons. The second-order valence-electron chi connectivity index (χ2n) is 9.88. The molecule has 1 aromatic carbocycles. The first-order valence-corrected chi connectivity index (χ1v) is 12.7. The molecule has 32 heavy (non-hydrogen) atoms. The molecule has 1 N–H and O–H groups in total. The van der Waals surface area contributed by atoms with Crippen LogP contribution >= 0.6 is 11.6 Å². The van der Waals surface area contributed by atoms with Gasteiger partial charge in [-0.2, -0.15) is 5.10 Å². The Bertz CT molecular complexity index is 1070. The molecule has 4 atom stereocenters. The van der Waals surface area contributed by atoms with Crippen LogP contribution in [0.15, 0.2) is 47.0 Å². The van der Waals surface area contributed by atoms with Gasteiger partial charge in [-0.1, -0.05) is 17.7 Å². The van der Waals surface area contributed by atoms with Gasteiger partial charge in [0.1, 0.15) is 5.82 Å². The fraction of sp³-hybridized carbons (Fsp3) is 0.480. The minimum absolute atomic E-state index is 0.231. The highest BCUT2D eigenvalue weighted by atomic mass is 35.5. The van der Waals surface area contributed by atoms with E-state index in [4.69, 9.17) is 11.6 Å². The fourth-order valence-corrected chi connectivity index (χ4v) is 6.01. The Morgan fingerprint density at radius 2 is 1.81 bits per heavy atom.